The summed E-state index contributed by atoms with van der Waals surface area (Å²) in [5, 5.41) is 11.8. The van der Waals surface area contributed by atoms with Gasteiger partial charge in [-0.2, -0.15) is 5.26 Å². The molecule has 7 nitrogen and oxygen atoms in total. The van der Waals surface area contributed by atoms with Crippen molar-refractivity contribution in [1.82, 2.24) is 4.90 Å². The summed E-state index contributed by atoms with van der Waals surface area (Å²) < 4.78 is 0. The van der Waals surface area contributed by atoms with Crippen molar-refractivity contribution < 1.29 is 14.4 Å². The van der Waals surface area contributed by atoms with Crippen LogP contribution in [0, 0.1) is 30.1 Å². The van der Waals surface area contributed by atoms with Crippen LogP contribution in [0.25, 0.3) is 0 Å². The smallest absolute Gasteiger partial charge is 0.228 e. The number of aryl methyl sites for hydroxylation is 1. The molecule has 2 aliphatic heterocycles. The van der Waals surface area contributed by atoms with Crippen molar-refractivity contribution in [2.75, 3.05) is 29.9 Å². The Morgan fingerprint density at radius 1 is 1.00 bits per heavy atom. The molecule has 7 heteroatoms. The van der Waals surface area contributed by atoms with Crippen molar-refractivity contribution in [2.24, 2.45) is 11.8 Å². The number of nitrogens with zero attached hydrogens (tertiary/aromatic N) is 3. The Bertz CT molecular complexity index is 1050. The Hall–Kier alpha value is -3.66. The van der Waals surface area contributed by atoms with E-state index in [-0.39, 0.29) is 36.0 Å². The van der Waals surface area contributed by atoms with E-state index in [1.807, 2.05) is 31.2 Å². The first kappa shape index (κ1) is 21.6. The third-order valence-electron chi connectivity index (χ3n) is 6.28. The van der Waals surface area contributed by atoms with Gasteiger partial charge in [0, 0.05) is 43.3 Å². The van der Waals surface area contributed by atoms with Crippen LogP contribution in [0.4, 0.5) is 11.4 Å². The topological polar surface area (TPSA) is 93.5 Å². The highest BCUT2D eigenvalue weighted by Gasteiger charge is 2.38. The highest BCUT2D eigenvalue weighted by atomic mass is 16.2. The number of nitrogens with one attached hydrogen (secondary N) is 1. The lowest BCUT2D eigenvalue weighted by atomic mass is 9.94. The minimum absolute atomic E-state index is 0.00101. The summed E-state index contributed by atoms with van der Waals surface area (Å²) in [6.07, 6.45) is 1.41. The van der Waals surface area contributed by atoms with Crippen LogP contribution < -0.4 is 10.2 Å². The first-order chi connectivity index (χ1) is 15.4. The van der Waals surface area contributed by atoms with Crippen LogP contribution in [-0.4, -0.2) is 42.3 Å². The average Bonchev–Trinajstić information content (AvgIpc) is 3.21. The number of carbonyl (C=O) groups excluding carboxylic acids is 3. The Balaban J connectivity index is 1.29. The number of nitriles is 1. The van der Waals surface area contributed by atoms with Crippen LogP contribution in [0.1, 0.15) is 30.4 Å². The van der Waals surface area contributed by atoms with E-state index in [9.17, 15) is 14.4 Å². The summed E-state index contributed by atoms with van der Waals surface area (Å²) in [4.78, 5) is 41.6. The van der Waals surface area contributed by atoms with Gasteiger partial charge in [0.1, 0.15) is 0 Å². The highest BCUT2D eigenvalue weighted by molar-refractivity contribution is 6.00. The fraction of sp³-hybridized carbons (Fsp3) is 0.360. The molecule has 0 radical (unpaired) electrons. The van der Waals surface area contributed by atoms with Crippen molar-refractivity contribution in [3.8, 4) is 6.07 Å². The molecule has 4 rings (SSSR count). The van der Waals surface area contributed by atoms with Gasteiger partial charge in [-0.05, 0) is 56.2 Å². The zero-order chi connectivity index (χ0) is 22.7. The molecule has 1 unspecified atom stereocenters. The monoisotopic (exact) mass is 430 g/mol. The third kappa shape index (κ3) is 4.65. The fourth-order valence-electron chi connectivity index (χ4n) is 4.34. The molecular formula is C25H26N4O3. The van der Waals surface area contributed by atoms with Gasteiger partial charge >= 0.3 is 0 Å². The van der Waals surface area contributed by atoms with E-state index in [0.29, 0.717) is 43.7 Å². The van der Waals surface area contributed by atoms with E-state index in [1.165, 1.54) is 0 Å². The van der Waals surface area contributed by atoms with Crippen molar-refractivity contribution in [2.45, 2.75) is 26.2 Å². The van der Waals surface area contributed by atoms with Gasteiger partial charge in [-0.15, -0.1) is 0 Å². The molecule has 0 bridgehead atoms. The van der Waals surface area contributed by atoms with E-state index >= 15 is 0 Å². The SMILES string of the molecule is Cc1ccc(N2CC(C(=O)N3CCC(C(=O)Nc4ccc(C#N)cc4)CC3)CC2=O)cc1. The molecule has 0 saturated carbocycles. The van der Waals surface area contributed by atoms with Crippen LogP contribution in [-0.2, 0) is 14.4 Å². The van der Waals surface area contributed by atoms with Gasteiger partial charge in [-0.1, -0.05) is 17.7 Å². The number of anilines is 2. The number of piperidine rings is 1. The van der Waals surface area contributed by atoms with Gasteiger partial charge in [-0.3, -0.25) is 14.4 Å². The lowest BCUT2D eigenvalue weighted by molar-refractivity contribution is -0.138. The van der Waals surface area contributed by atoms with Crippen LogP contribution in [0.5, 0.6) is 0 Å². The second-order valence-electron chi connectivity index (χ2n) is 8.52. The van der Waals surface area contributed by atoms with E-state index in [4.69, 9.17) is 5.26 Å². The number of amides is 3. The summed E-state index contributed by atoms with van der Waals surface area (Å²) in [5.74, 6) is -0.594. The molecule has 2 aromatic carbocycles. The summed E-state index contributed by atoms with van der Waals surface area (Å²) >= 11 is 0. The summed E-state index contributed by atoms with van der Waals surface area (Å²) in [5.41, 5.74) is 3.16. The van der Waals surface area contributed by atoms with Crippen molar-refractivity contribution >= 4 is 29.1 Å². The molecular weight excluding hydrogens is 404 g/mol. The largest absolute Gasteiger partial charge is 0.342 e. The number of likely N-dealkylation sites (tertiary alicyclic amines) is 1. The molecule has 0 spiro atoms. The molecule has 3 amide bonds. The fourth-order valence-corrected chi connectivity index (χ4v) is 4.34. The molecule has 1 atom stereocenters. The first-order valence-electron chi connectivity index (χ1n) is 10.9. The minimum Gasteiger partial charge on any atom is -0.342 e. The van der Waals surface area contributed by atoms with Gasteiger partial charge in [0.05, 0.1) is 17.6 Å². The second kappa shape index (κ2) is 9.23. The maximum absolute atomic E-state index is 13.0. The molecule has 0 aliphatic carbocycles. The molecule has 164 valence electrons. The van der Waals surface area contributed by atoms with Crippen LogP contribution in [0.2, 0.25) is 0 Å². The van der Waals surface area contributed by atoms with Gasteiger partial charge < -0.3 is 15.1 Å². The maximum atomic E-state index is 13.0. The molecule has 0 aromatic heterocycles. The Labute approximate surface area is 187 Å². The molecule has 32 heavy (non-hydrogen) atoms. The standard InChI is InChI=1S/C25H26N4O3/c1-17-2-8-22(9-3-17)29-16-20(14-23(29)30)25(32)28-12-10-19(11-13-28)24(31)27-21-6-4-18(15-26)5-7-21/h2-9,19-20H,10-14,16H2,1H3,(H,27,31). The highest BCUT2D eigenvalue weighted by Crippen LogP contribution is 2.28. The number of carbonyl (C=O) groups is 3. The normalized spacial score (nSPS) is 19.0. The lowest BCUT2D eigenvalue weighted by Crippen LogP contribution is -2.44. The lowest BCUT2D eigenvalue weighted by Gasteiger charge is -2.33. The van der Waals surface area contributed by atoms with Gasteiger partial charge in [0.15, 0.2) is 0 Å². The summed E-state index contributed by atoms with van der Waals surface area (Å²) in [7, 11) is 0. The third-order valence-corrected chi connectivity index (χ3v) is 6.28. The molecule has 2 saturated heterocycles. The van der Waals surface area contributed by atoms with E-state index in [1.54, 1.807) is 34.1 Å². The number of hydrogen-bond donors (Lipinski definition) is 1. The predicted octanol–water partition coefficient (Wildman–Crippen LogP) is 3.10. The van der Waals surface area contributed by atoms with Gasteiger partial charge in [-0.25, -0.2) is 0 Å². The predicted molar refractivity (Wildman–Crippen MR) is 121 cm³/mol. The van der Waals surface area contributed by atoms with E-state index < -0.39 is 0 Å². The van der Waals surface area contributed by atoms with Crippen LogP contribution in [0.3, 0.4) is 0 Å². The van der Waals surface area contributed by atoms with Crippen LogP contribution >= 0.6 is 0 Å². The van der Waals surface area contributed by atoms with E-state index in [2.05, 4.69) is 11.4 Å². The van der Waals surface area contributed by atoms with Gasteiger partial charge in [0.2, 0.25) is 17.7 Å². The summed E-state index contributed by atoms with van der Waals surface area (Å²) in [6, 6.07) is 16.6. The van der Waals surface area contributed by atoms with Gasteiger partial charge in [0.25, 0.3) is 0 Å². The quantitative estimate of drug-likeness (QED) is 0.807. The molecule has 1 N–H and O–H groups in total. The van der Waals surface area contributed by atoms with E-state index in [0.717, 1.165) is 11.3 Å². The zero-order valence-electron chi connectivity index (χ0n) is 18.1. The molecule has 2 heterocycles. The molecule has 2 fully saturated rings. The second-order valence-corrected chi connectivity index (χ2v) is 8.52. The summed E-state index contributed by atoms with van der Waals surface area (Å²) in [6.45, 7) is 3.43. The number of benzene rings is 2. The van der Waals surface area contributed by atoms with Crippen molar-refractivity contribution in [3.63, 3.8) is 0 Å². The zero-order valence-corrected chi connectivity index (χ0v) is 18.1. The molecule has 2 aliphatic rings. The number of rotatable bonds is 4. The molecule has 2 aromatic rings. The Morgan fingerprint density at radius 3 is 2.28 bits per heavy atom. The minimum atomic E-state index is -0.340. The van der Waals surface area contributed by atoms with Crippen LogP contribution in [0.15, 0.2) is 48.5 Å². The van der Waals surface area contributed by atoms with Crippen molar-refractivity contribution in [3.05, 3.63) is 59.7 Å². The average molecular weight is 431 g/mol. The Kier molecular flexibility index (Phi) is 6.22. The Morgan fingerprint density at radius 2 is 1.66 bits per heavy atom. The number of hydrogen-bond acceptors (Lipinski definition) is 4. The maximum Gasteiger partial charge on any atom is 0.228 e. The van der Waals surface area contributed by atoms with Crippen molar-refractivity contribution in [1.29, 1.82) is 5.26 Å². The first-order valence-corrected chi connectivity index (χ1v) is 10.9.